The van der Waals surface area contributed by atoms with Gasteiger partial charge in [-0.1, -0.05) is 0 Å². The number of carbonyl (C=O) groups excluding carboxylic acids is 1. The third-order valence-electron chi connectivity index (χ3n) is 3.88. The van der Waals surface area contributed by atoms with Gasteiger partial charge in [-0.05, 0) is 45.0 Å². The lowest BCUT2D eigenvalue weighted by molar-refractivity contribution is 0.0956. The van der Waals surface area contributed by atoms with Crippen LogP contribution in [0, 0.1) is 0 Å². The van der Waals surface area contributed by atoms with Crippen molar-refractivity contribution < 1.29 is 4.79 Å². The minimum atomic E-state index is 0.00340. The number of rotatable bonds is 4. The van der Waals surface area contributed by atoms with Crippen LogP contribution in [0.4, 0.5) is 5.69 Å². The zero-order valence-electron chi connectivity index (χ0n) is 12.7. The fraction of sp³-hybridized carbons (Fsp3) is 0.562. The van der Waals surface area contributed by atoms with Gasteiger partial charge >= 0.3 is 0 Å². The van der Waals surface area contributed by atoms with Crippen LogP contribution in [0.1, 0.15) is 31.1 Å². The van der Waals surface area contributed by atoms with Crippen molar-refractivity contribution in [2.75, 3.05) is 37.6 Å². The quantitative estimate of drug-likeness (QED) is 0.912. The summed E-state index contributed by atoms with van der Waals surface area (Å²) in [5.41, 5.74) is 1.94. The van der Waals surface area contributed by atoms with Gasteiger partial charge in [0, 0.05) is 50.0 Å². The molecule has 0 saturated carbocycles. The van der Waals surface area contributed by atoms with E-state index in [-0.39, 0.29) is 5.91 Å². The molecule has 0 atom stereocenters. The van der Waals surface area contributed by atoms with Crippen molar-refractivity contribution in [2.45, 2.75) is 26.8 Å². The Morgan fingerprint density at radius 3 is 2.25 bits per heavy atom. The number of carbonyl (C=O) groups is 1. The van der Waals surface area contributed by atoms with E-state index in [0.29, 0.717) is 12.6 Å². The normalized spacial score (nSPS) is 16.5. The molecule has 1 aliphatic rings. The van der Waals surface area contributed by atoms with E-state index in [4.69, 9.17) is 0 Å². The van der Waals surface area contributed by atoms with Crippen LogP contribution in [0.3, 0.4) is 0 Å². The highest BCUT2D eigenvalue weighted by molar-refractivity contribution is 5.94. The summed E-state index contributed by atoms with van der Waals surface area (Å²) in [6.45, 7) is 11.4. The smallest absolute Gasteiger partial charge is 0.251 e. The third-order valence-corrected chi connectivity index (χ3v) is 3.88. The molecule has 0 aromatic heterocycles. The van der Waals surface area contributed by atoms with E-state index < -0.39 is 0 Å². The maximum atomic E-state index is 11.7. The lowest BCUT2D eigenvalue weighted by Crippen LogP contribution is -2.48. The molecule has 1 saturated heterocycles. The van der Waals surface area contributed by atoms with Crippen LogP contribution in [-0.4, -0.2) is 49.6 Å². The van der Waals surface area contributed by atoms with Crippen LogP contribution in [0.2, 0.25) is 0 Å². The molecule has 0 spiro atoms. The molecular weight excluding hydrogens is 250 g/mol. The van der Waals surface area contributed by atoms with E-state index in [1.807, 2.05) is 19.1 Å². The Morgan fingerprint density at radius 2 is 1.75 bits per heavy atom. The highest BCUT2D eigenvalue weighted by atomic mass is 16.1. The van der Waals surface area contributed by atoms with Crippen LogP contribution < -0.4 is 10.2 Å². The molecule has 0 radical (unpaired) electrons. The molecule has 0 bridgehead atoms. The Bertz CT molecular complexity index is 434. The van der Waals surface area contributed by atoms with Gasteiger partial charge in [-0.2, -0.15) is 0 Å². The average Bonchev–Trinajstić information content (AvgIpc) is 2.48. The Labute approximate surface area is 121 Å². The van der Waals surface area contributed by atoms with Gasteiger partial charge in [0.2, 0.25) is 0 Å². The molecule has 1 amide bonds. The van der Waals surface area contributed by atoms with Crippen molar-refractivity contribution in [3.8, 4) is 0 Å². The number of hydrogen-bond acceptors (Lipinski definition) is 3. The first-order valence-electron chi connectivity index (χ1n) is 7.49. The van der Waals surface area contributed by atoms with Crippen molar-refractivity contribution in [1.82, 2.24) is 10.2 Å². The Balaban J connectivity index is 1.96. The third kappa shape index (κ3) is 3.51. The van der Waals surface area contributed by atoms with Gasteiger partial charge in [-0.15, -0.1) is 0 Å². The van der Waals surface area contributed by atoms with Gasteiger partial charge in [-0.3, -0.25) is 9.69 Å². The highest BCUT2D eigenvalue weighted by Gasteiger charge is 2.19. The zero-order valence-corrected chi connectivity index (χ0v) is 12.7. The number of hydrogen-bond donors (Lipinski definition) is 1. The summed E-state index contributed by atoms with van der Waals surface area (Å²) in [6.07, 6.45) is 0. The lowest BCUT2D eigenvalue weighted by Gasteiger charge is -2.38. The maximum absolute atomic E-state index is 11.7. The number of nitrogens with zero attached hydrogens (tertiary/aromatic N) is 2. The summed E-state index contributed by atoms with van der Waals surface area (Å²) < 4.78 is 0. The van der Waals surface area contributed by atoms with Gasteiger partial charge in [0.15, 0.2) is 0 Å². The van der Waals surface area contributed by atoms with Crippen molar-refractivity contribution in [2.24, 2.45) is 0 Å². The summed E-state index contributed by atoms with van der Waals surface area (Å²) in [4.78, 5) is 16.6. The fourth-order valence-electron chi connectivity index (χ4n) is 2.58. The molecule has 1 aliphatic heterocycles. The molecular formula is C16H25N3O. The second-order valence-electron chi connectivity index (χ2n) is 5.52. The number of benzene rings is 1. The predicted octanol–water partition coefficient (Wildman–Crippen LogP) is 1.97. The Kier molecular flexibility index (Phi) is 5.01. The summed E-state index contributed by atoms with van der Waals surface area (Å²) in [5.74, 6) is 0.00340. The van der Waals surface area contributed by atoms with E-state index >= 15 is 0 Å². The molecule has 110 valence electrons. The molecule has 2 rings (SSSR count). The van der Waals surface area contributed by atoms with Crippen LogP contribution in [0.25, 0.3) is 0 Å². The van der Waals surface area contributed by atoms with E-state index in [1.165, 1.54) is 5.69 Å². The van der Waals surface area contributed by atoms with Gasteiger partial charge in [-0.25, -0.2) is 0 Å². The number of nitrogens with one attached hydrogen (secondary N) is 1. The fourth-order valence-corrected chi connectivity index (χ4v) is 2.58. The standard InChI is InChI=1S/C16H25N3O/c1-4-17-16(20)14-5-7-15(8-6-14)19-11-9-18(10-12-19)13(2)3/h5-8,13H,4,9-12H2,1-3H3,(H,17,20). The molecule has 4 heteroatoms. The molecule has 20 heavy (non-hydrogen) atoms. The second kappa shape index (κ2) is 6.75. The first-order chi connectivity index (χ1) is 9.61. The molecule has 0 unspecified atom stereocenters. The van der Waals surface area contributed by atoms with Gasteiger partial charge in [0.1, 0.15) is 0 Å². The SMILES string of the molecule is CCNC(=O)c1ccc(N2CCN(C(C)C)CC2)cc1. The monoisotopic (exact) mass is 275 g/mol. The summed E-state index contributed by atoms with van der Waals surface area (Å²) in [5, 5.41) is 2.82. The maximum Gasteiger partial charge on any atom is 0.251 e. The van der Waals surface area contributed by atoms with Crippen molar-refractivity contribution in [3.63, 3.8) is 0 Å². The van der Waals surface area contributed by atoms with Crippen LogP contribution in [0.5, 0.6) is 0 Å². The molecule has 1 heterocycles. The van der Waals surface area contributed by atoms with Crippen molar-refractivity contribution in [1.29, 1.82) is 0 Å². The highest BCUT2D eigenvalue weighted by Crippen LogP contribution is 2.18. The largest absolute Gasteiger partial charge is 0.369 e. The molecule has 1 fully saturated rings. The number of amides is 1. The first kappa shape index (κ1) is 14.9. The second-order valence-corrected chi connectivity index (χ2v) is 5.52. The zero-order chi connectivity index (χ0) is 14.5. The molecule has 4 nitrogen and oxygen atoms in total. The number of anilines is 1. The van der Waals surface area contributed by atoms with Gasteiger partial charge < -0.3 is 10.2 Å². The van der Waals surface area contributed by atoms with Gasteiger partial charge in [0.25, 0.3) is 5.91 Å². The van der Waals surface area contributed by atoms with Crippen LogP contribution in [0.15, 0.2) is 24.3 Å². The van der Waals surface area contributed by atoms with E-state index in [9.17, 15) is 4.79 Å². The molecule has 1 aromatic carbocycles. The van der Waals surface area contributed by atoms with Crippen LogP contribution >= 0.6 is 0 Å². The first-order valence-corrected chi connectivity index (χ1v) is 7.49. The lowest BCUT2D eigenvalue weighted by atomic mass is 10.1. The summed E-state index contributed by atoms with van der Waals surface area (Å²) in [7, 11) is 0. The molecule has 1 N–H and O–H groups in total. The van der Waals surface area contributed by atoms with Crippen molar-refractivity contribution in [3.05, 3.63) is 29.8 Å². The summed E-state index contributed by atoms with van der Waals surface area (Å²) in [6, 6.07) is 8.55. The van der Waals surface area contributed by atoms with Crippen LogP contribution in [-0.2, 0) is 0 Å². The molecule has 1 aromatic rings. The Hall–Kier alpha value is -1.55. The Morgan fingerprint density at radius 1 is 1.15 bits per heavy atom. The van der Waals surface area contributed by atoms with E-state index in [2.05, 4.69) is 41.1 Å². The number of piperazine rings is 1. The van der Waals surface area contributed by atoms with Crippen molar-refractivity contribution >= 4 is 11.6 Å². The average molecular weight is 275 g/mol. The summed E-state index contributed by atoms with van der Waals surface area (Å²) >= 11 is 0. The van der Waals surface area contributed by atoms with E-state index in [0.717, 1.165) is 31.7 Å². The minimum Gasteiger partial charge on any atom is -0.369 e. The predicted molar refractivity (Wildman–Crippen MR) is 83.4 cm³/mol. The molecule has 0 aliphatic carbocycles. The topological polar surface area (TPSA) is 35.6 Å². The van der Waals surface area contributed by atoms with Gasteiger partial charge in [0.05, 0.1) is 0 Å². The minimum absolute atomic E-state index is 0.00340. The van der Waals surface area contributed by atoms with E-state index in [1.54, 1.807) is 0 Å².